The molecule has 0 aromatic heterocycles. The lowest BCUT2D eigenvalue weighted by Crippen LogP contribution is -2.07. The molecule has 0 spiro atoms. The Balaban J connectivity index is 1.46. The van der Waals surface area contributed by atoms with Crippen molar-refractivity contribution in [3.05, 3.63) is 125 Å². The Labute approximate surface area is 175 Å². The summed E-state index contributed by atoms with van der Waals surface area (Å²) in [4.78, 5) is 24.8. The summed E-state index contributed by atoms with van der Waals surface area (Å²) in [6.07, 6.45) is 0. The summed E-state index contributed by atoms with van der Waals surface area (Å²) in [6.45, 7) is 2.00. The number of carbonyl (C=O) groups excluding carboxylic acids is 2. The van der Waals surface area contributed by atoms with Gasteiger partial charge < -0.3 is 4.74 Å². The topological polar surface area (TPSA) is 43.4 Å². The van der Waals surface area contributed by atoms with Gasteiger partial charge in [-0.15, -0.1) is 0 Å². The van der Waals surface area contributed by atoms with Crippen molar-refractivity contribution in [2.24, 2.45) is 0 Å². The predicted molar refractivity (Wildman–Crippen MR) is 118 cm³/mol. The number of ketones is 1. The van der Waals surface area contributed by atoms with Crippen molar-refractivity contribution in [1.29, 1.82) is 0 Å². The van der Waals surface area contributed by atoms with Crippen LogP contribution in [0.2, 0.25) is 0 Å². The molecule has 0 aliphatic carbocycles. The molecule has 0 unspecified atom stereocenters. The Morgan fingerprint density at radius 3 is 1.63 bits per heavy atom. The standard InChI is InChI=1S/C27H20O3/c1-19-7-9-22(10-8-19)26(28)23-13-11-20(12-14-23)21-15-17-25(18-16-21)30-27(29)24-5-3-2-4-6-24/h2-18H,1H3. The van der Waals surface area contributed by atoms with Gasteiger partial charge in [0.05, 0.1) is 5.56 Å². The van der Waals surface area contributed by atoms with Crippen LogP contribution in [0.1, 0.15) is 31.8 Å². The molecule has 0 amide bonds. The van der Waals surface area contributed by atoms with Gasteiger partial charge in [0.25, 0.3) is 0 Å². The molecule has 3 heteroatoms. The zero-order valence-electron chi connectivity index (χ0n) is 16.5. The van der Waals surface area contributed by atoms with E-state index >= 15 is 0 Å². The van der Waals surface area contributed by atoms with Gasteiger partial charge in [-0.3, -0.25) is 4.79 Å². The molecule has 0 radical (unpaired) electrons. The highest BCUT2D eigenvalue weighted by Gasteiger charge is 2.10. The average Bonchev–Trinajstić information content (AvgIpc) is 2.80. The van der Waals surface area contributed by atoms with Crippen LogP contribution in [-0.4, -0.2) is 11.8 Å². The first-order valence-electron chi connectivity index (χ1n) is 9.69. The van der Waals surface area contributed by atoms with Crippen LogP contribution >= 0.6 is 0 Å². The maximum Gasteiger partial charge on any atom is 0.343 e. The average molecular weight is 392 g/mol. The maximum atomic E-state index is 12.6. The van der Waals surface area contributed by atoms with Crippen molar-refractivity contribution in [2.75, 3.05) is 0 Å². The Morgan fingerprint density at radius 2 is 1.07 bits per heavy atom. The van der Waals surface area contributed by atoms with Crippen molar-refractivity contribution in [3.8, 4) is 16.9 Å². The number of esters is 1. The molecule has 30 heavy (non-hydrogen) atoms. The van der Waals surface area contributed by atoms with Gasteiger partial charge in [0.15, 0.2) is 5.78 Å². The second kappa shape index (κ2) is 8.58. The number of benzene rings is 4. The van der Waals surface area contributed by atoms with E-state index in [0.29, 0.717) is 22.4 Å². The molecule has 0 aliphatic rings. The van der Waals surface area contributed by atoms with Crippen molar-refractivity contribution in [1.82, 2.24) is 0 Å². The number of carbonyl (C=O) groups is 2. The van der Waals surface area contributed by atoms with E-state index in [-0.39, 0.29) is 11.8 Å². The minimum absolute atomic E-state index is 0.00437. The molecule has 3 nitrogen and oxygen atoms in total. The van der Waals surface area contributed by atoms with Crippen LogP contribution in [0.15, 0.2) is 103 Å². The fourth-order valence-electron chi connectivity index (χ4n) is 3.14. The van der Waals surface area contributed by atoms with Gasteiger partial charge >= 0.3 is 5.97 Å². The minimum atomic E-state index is -0.387. The van der Waals surface area contributed by atoms with Crippen LogP contribution in [0.25, 0.3) is 11.1 Å². The van der Waals surface area contributed by atoms with Crippen LogP contribution < -0.4 is 4.74 Å². The van der Waals surface area contributed by atoms with Gasteiger partial charge in [-0.2, -0.15) is 0 Å². The largest absolute Gasteiger partial charge is 0.423 e. The summed E-state index contributed by atoms with van der Waals surface area (Å²) < 4.78 is 5.42. The first-order valence-corrected chi connectivity index (χ1v) is 9.69. The van der Waals surface area contributed by atoms with Crippen LogP contribution in [0.4, 0.5) is 0 Å². The van der Waals surface area contributed by atoms with Gasteiger partial charge in [0, 0.05) is 11.1 Å². The second-order valence-corrected chi connectivity index (χ2v) is 7.05. The third kappa shape index (κ3) is 4.36. The van der Waals surface area contributed by atoms with E-state index in [1.165, 1.54) is 0 Å². The van der Waals surface area contributed by atoms with Crippen molar-refractivity contribution >= 4 is 11.8 Å². The molecular weight excluding hydrogens is 372 g/mol. The van der Waals surface area contributed by atoms with Gasteiger partial charge in [-0.1, -0.05) is 84.4 Å². The summed E-state index contributed by atoms with van der Waals surface area (Å²) in [7, 11) is 0. The third-order valence-corrected chi connectivity index (χ3v) is 4.87. The van der Waals surface area contributed by atoms with Crippen molar-refractivity contribution in [3.63, 3.8) is 0 Å². The van der Waals surface area contributed by atoms with E-state index in [1.807, 2.05) is 73.7 Å². The molecule has 4 aromatic carbocycles. The smallest absolute Gasteiger partial charge is 0.343 e. The summed E-state index contributed by atoms with van der Waals surface area (Å²) in [5, 5.41) is 0. The molecule has 0 saturated heterocycles. The van der Waals surface area contributed by atoms with E-state index in [0.717, 1.165) is 16.7 Å². The number of hydrogen-bond donors (Lipinski definition) is 0. The minimum Gasteiger partial charge on any atom is -0.423 e. The Hall–Kier alpha value is -3.98. The molecule has 4 rings (SSSR count). The quantitative estimate of drug-likeness (QED) is 0.234. The molecule has 4 aromatic rings. The fraction of sp³-hybridized carbons (Fsp3) is 0.0370. The van der Waals surface area contributed by atoms with Crippen LogP contribution in [0, 0.1) is 6.92 Å². The maximum absolute atomic E-state index is 12.6. The lowest BCUT2D eigenvalue weighted by atomic mass is 9.99. The highest BCUT2D eigenvalue weighted by molar-refractivity contribution is 6.09. The van der Waals surface area contributed by atoms with E-state index in [9.17, 15) is 9.59 Å². The molecule has 0 atom stereocenters. The first-order chi connectivity index (χ1) is 14.6. The highest BCUT2D eigenvalue weighted by atomic mass is 16.5. The second-order valence-electron chi connectivity index (χ2n) is 7.05. The zero-order chi connectivity index (χ0) is 20.9. The summed E-state index contributed by atoms with van der Waals surface area (Å²) in [5.41, 5.74) is 4.92. The number of hydrogen-bond acceptors (Lipinski definition) is 3. The molecule has 0 heterocycles. The summed E-state index contributed by atoms with van der Waals surface area (Å²) in [5.74, 6) is 0.103. The SMILES string of the molecule is Cc1ccc(C(=O)c2ccc(-c3ccc(OC(=O)c4ccccc4)cc3)cc2)cc1. The van der Waals surface area contributed by atoms with Crippen molar-refractivity contribution in [2.45, 2.75) is 6.92 Å². The fourth-order valence-corrected chi connectivity index (χ4v) is 3.14. The van der Waals surface area contributed by atoms with E-state index < -0.39 is 0 Å². The predicted octanol–water partition coefficient (Wildman–Crippen LogP) is 6.11. The lowest BCUT2D eigenvalue weighted by molar-refractivity contribution is 0.0734. The normalized spacial score (nSPS) is 10.4. The molecule has 0 aliphatic heterocycles. The Kier molecular flexibility index (Phi) is 5.53. The van der Waals surface area contributed by atoms with Crippen LogP contribution in [0.3, 0.4) is 0 Å². The molecule has 0 bridgehead atoms. The monoisotopic (exact) mass is 392 g/mol. The molecule has 0 fully saturated rings. The van der Waals surface area contributed by atoms with Crippen LogP contribution in [-0.2, 0) is 0 Å². The first kappa shape index (κ1) is 19.3. The molecule has 146 valence electrons. The molecule has 0 N–H and O–H groups in total. The molecule has 0 saturated carbocycles. The van der Waals surface area contributed by atoms with E-state index in [4.69, 9.17) is 4.74 Å². The lowest BCUT2D eigenvalue weighted by Gasteiger charge is -2.07. The number of aryl methyl sites for hydroxylation is 1. The van der Waals surface area contributed by atoms with Crippen LogP contribution in [0.5, 0.6) is 5.75 Å². The zero-order valence-corrected chi connectivity index (χ0v) is 16.5. The molecular formula is C27H20O3. The summed E-state index contributed by atoms with van der Waals surface area (Å²) in [6, 6.07) is 31.3. The Bertz CT molecular complexity index is 1160. The summed E-state index contributed by atoms with van der Waals surface area (Å²) >= 11 is 0. The van der Waals surface area contributed by atoms with Crippen molar-refractivity contribution < 1.29 is 14.3 Å². The van der Waals surface area contributed by atoms with E-state index in [2.05, 4.69) is 0 Å². The van der Waals surface area contributed by atoms with Gasteiger partial charge in [-0.05, 0) is 42.3 Å². The highest BCUT2D eigenvalue weighted by Crippen LogP contribution is 2.24. The van der Waals surface area contributed by atoms with Gasteiger partial charge in [0.2, 0.25) is 0 Å². The van der Waals surface area contributed by atoms with E-state index in [1.54, 1.807) is 36.4 Å². The third-order valence-electron chi connectivity index (χ3n) is 4.87. The van der Waals surface area contributed by atoms with Gasteiger partial charge in [-0.25, -0.2) is 4.79 Å². The Morgan fingerprint density at radius 1 is 0.567 bits per heavy atom. The number of ether oxygens (including phenoxy) is 1. The number of rotatable bonds is 5. The van der Waals surface area contributed by atoms with Gasteiger partial charge in [0.1, 0.15) is 5.75 Å².